The van der Waals surface area contributed by atoms with Crippen molar-refractivity contribution in [2.45, 2.75) is 43.2 Å². The number of rotatable bonds is 6. The van der Waals surface area contributed by atoms with Crippen molar-refractivity contribution in [2.75, 3.05) is 24.5 Å². The SMILES string of the molecule is CC(=O)CC[C@H]1CN(c2ccc(C34CC3CN(S(=O)(=O)C(F)(F)F)C4)cc2)C(=O)O1. The zero-order valence-corrected chi connectivity index (χ0v) is 17.0. The molecular formula is C19H21F3N2O5S. The van der Waals surface area contributed by atoms with E-state index in [9.17, 15) is 31.2 Å². The van der Waals surface area contributed by atoms with Crippen molar-refractivity contribution in [3.63, 3.8) is 0 Å². The number of anilines is 1. The van der Waals surface area contributed by atoms with E-state index in [1.165, 1.54) is 11.8 Å². The lowest BCUT2D eigenvalue weighted by Crippen LogP contribution is -2.41. The molecule has 3 aliphatic rings. The molecule has 4 rings (SSSR count). The first-order valence-corrected chi connectivity index (χ1v) is 11.0. The van der Waals surface area contributed by atoms with Crippen molar-refractivity contribution < 1.29 is 35.9 Å². The van der Waals surface area contributed by atoms with Crippen LogP contribution in [0.25, 0.3) is 0 Å². The number of piperidine rings is 1. The minimum atomic E-state index is -5.33. The number of cyclic esters (lactones) is 1. The molecule has 2 aliphatic heterocycles. The zero-order chi connectivity index (χ0) is 21.9. The van der Waals surface area contributed by atoms with Crippen molar-refractivity contribution >= 4 is 27.6 Å². The van der Waals surface area contributed by atoms with E-state index in [1.807, 2.05) is 0 Å². The number of carbonyl (C=O) groups excluding carboxylic acids is 2. The van der Waals surface area contributed by atoms with Crippen molar-refractivity contribution in [2.24, 2.45) is 5.92 Å². The molecule has 2 heterocycles. The minimum absolute atomic E-state index is 0.0187. The summed E-state index contributed by atoms with van der Waals surface area (Å²) in [5, 5.41) is 0. The van der Waals surface area contributed by atoms with E-state index in [4.69, 9.17) is 4.74 Å². The van der Waals surface area contributed by atoms with Crippen molar-refractivity contribution in [1.29, 1.82) is 0 Å². The number of sulfonamides is 1. The maximum absolute atomic E-state index is 12.8. The number of ketones is 1. The maximum atomic E-state index is 12.8. The number of nitrogens with zero attached hydrogens (tertiary/aromatic N) is 2. The van der Waals surface area contributed by atoms with Crippen LogP contribution in [0.4, 0.5) is 23.7 Å². The van der Waals surface area contributed by atoms with Gasteiger partial charge in [-0.3, -0.25) is 4.90 Å². The molecule has 1 saturated carbocycles. The van der Waals surface area contributed by atoms with Crippen LogP contribution in [-0.2, 0) is 25.0 Å². The van der Waals surface area contributed by atoms with Gasteiger partial charge >= 0.3 is 21.6 Å². The molecule has 1 amide bonds. The molecule has 7 nitrogen and oxygen atoms in total. The number of ether oxygens (including phenoxy) is 1. The zero-order valence-electron chi connectivity index (χ0n) is 16.2. The van der Waals surface area contributed by atoms with Gasteiger partial charge in [-0.1, -0.05) is 12.1 Å². The lowest BCUT2D eigenvalue weighted by molar-refractivity contribution is -0.117. The van der Waals surface area contributed by atoms with Crippen molar-refractivity contribution in [1.82, 2.24) is 4.31 Å². The smallest absolute Gasteiger partial charge is 0.444 e. The molecule has 164 valence electrons. The lowest BCUT2D eigenvalue weighted by Gasteiger charge is -2.22. The topological polar surface area (TPSA) is 84.0 Å². The lowest BCUT2D eigenvalue weighted by atomic mass is 9.95. The summed E-state index contributed by atoms with van der Waals surface area (Å²) in [5.41, 5.74) is -4.56. The molecule has 30 heavy (non-hydrogen) atoms. The molecule has 0 aromatic heterocycles. The molecule has 3 atom stereocenters. The fraction of sp³-hybridized carbons (Fsp3) is 0.579. The first-order chi connectivity index (χ1) is 13.9. The van der Waals surface area contributed by atoms with Gasteiger partial charge in [0.2, 0.25) is 0 Å². The molecule has 3 fully saturated rings. The summed E-state index contributed by atoms with van der Waals surface area (Å²) in [6.07, 6.45) is 0.524. The van der Waals surface area contributed by atoms with Gasteiger partial charge in [0, 0.05) is 30.6 Å². The predicted molar refractivity (Wildman–Crippen MR) is 100 cm³/mol. The van der Waals surface area contributed by atoms with Gasteiger partial charge in [-0.15, -0.1) is 0 Å². The summed E-state index contributed by atoms with van der Waals surface area (Å²) in [4.78, 5) is 24.7. The number of Topliss-reactive ketones (excluding diaryl/α,β-unsaturated/α-hetero) is 1. The number of fused-ring (bicyclic) bond motifs is 1. The molecule has 11 heteroatoms. The molecule has 0 radical (unpaired) electrons. The number of benzene rings is 1. The Bertz CT molecular complexity index is 979. The van der Waals surface area contributed by atoms with Crippen LogP contribution in [0.5, 0.6) is 0 Å². The summed E-state index contributed by atoms with van der Waals surface area (Å²) in [5.74, 6) is -0.126. The number of amides is 1. The Morgan fingerprint density at radius 3 is 2.50 bits per heavy atom. The first kappa shape index (κ1) is 21.1. The average Bonchev–Trinajstić information content (AvgIpc) is 3.03. The van der Waals surface area contributed by atoms with E-state index < -0.39 is 27.0 Å². The third-order valence-electron chi connectivity index (χ3n) is 6.19. The number of halogens is 3. The van der Waals surface area contributed by atoms with Gasteiger partial charge < -0.3 is 9.53 Å². The number of carbonyl (C=O) groups is 2. The van der Waals surface area contributed by atoms with Crippen LogP contribution in [0.15, 0.2) is 24.3 Å². The molecule has 0 spiro atoms. The quantitative estimate of drug-likeness (QED) is 0.671. The molecular weight excluding hydrogens is 425 g/mol. The van der Waals surface area contributed by atoms with E-state index in [1.54, 1.807) is 24.3 Å². The van der Waals surface area contributed by atoms with Crippen LogP contribution in [0.3, 0.4) is 0 Å². The number of alkyl halides is 3. The van der Waals surface area contributed by atoms with Crippen LogP contribution >= 0.6 is 0 Å². The Kier molecular flexibility index (Phi) is 4.89. The van der Waals surface area contributed by atoms with Crippen LogP contribution in [0, 0.1) is 5.92 Å². The fourth-order valence-corrected chi connectivity index (χ4v) is 5.50. The highest BCUT2D eigenvalue weighted by molar-refractivity contribution is 7.90. The maximum Gasteiger partial charge on any atom is 0.511 e. The van der Waals surface area contributed by atoms with Crippen LogP contribution in [0.1, 0.15) is 31.7 Å². The Morgan fingerprint density at radius 2 is 1.90 bits per heavy atom. The molecule has 2 saturated heterocycles. The number of hydrogen-bond donors (Lipinski definition) is 0. The Morgan fingerprint density at radius 1 is 1.23 bits per heavy atom. The Balaban J connectivity index is 1.45. The third kappa shape index (κ3) is 3.47. The second-order valence-electron chi connectivity index (χ2n) is 8.20. The summed E-state index contributed by atoms with van der Waals surface area (Å²) in [6.45, 7) is 1.45. The van der Waals surface area contributed by atoms with Crippen molar-refractivity contribution in [3.05, 3.63) is 29.8 Å². The second-order valence-corrected chi connectivity index (χ2v) is 10.1. The van der Waals surface area contributed by atoms with Gasteiger partial charge in [0.15, 0.2) is 0 Å². The van der Waals surface area contributed by atoms with E-state index in [-0.39, 0.29) is 30.9 Å². The third-order valence-corrected chi connectivity index (χ3v) is 7.74. The molecule has 0 bridgehead atoms. The van der Waals surface area contributed by atoms with Gasteiger partial charge in [0.25, 0.3) is 0 Å². The van der Waals surface area contributed by atoms with Crippen LogP contribution in [-0.4, -0.2) is 55.8 Å². The predicted octanol–water partition coefficient (Wildman–Crippen LogP) is 2.80. The van der Waals surface area contributed by atoms with Gasteiger partial charge in [0.1, 0.15) is 11.9 Å². The van der Waals surface area contributed by atoms with Gasteiger partial charge in [0.05, 0.1) is 6.54 Å². The Labute approximate surface area is 171 Å². The summed E-state index contributed by atoms with van der Waals surface area (Å²) in [6, 6.07) is 6.84. The first-order valence-electron chi connectivity index (χ1n) is 9.58. The minimum Gasteiger partial charge on any atom is -0.444 e. The largest absolute Gasteiger partial charge is 0.511 e. The summed E-state index contributed by atoms with van der Waals surface area (Å²) in [7, 11) is -5.33. The number of hydrogen-bond acceptors (Lipinski definition) is 5. The Hall–Kier alpha value is -2.14. The normalized spacial score (nSPS) is 29.1. The standard InChI is InChI=1S/C19H21F3N2O5S/c1-12(25)2-7-16-10-24(17(26)29-16)15-5-3-13(4-6-15)18-8-14(18)9-23(11-18)30(27,28)19(20,21)22/h3-6,14,16H,2,7-11H2,1H3/t14?,16-,18?/m0/s1. The highest BCUT2D eigenvalue weighted by Gasteiger charge is 2.65. The molecule has 1 aromatic rings. The van der Waals surface area contributed by atoms with E-state index >= 15 is 0 Å². The molecule has 2 unspecified atom stereocenters. The fourth-order valence-electron chi connectivity index (χ4n) is 4.43. The van der Waals surface area contributed by atoms with Crippen molar-refractivity contribution in [3.8, 4) is 0 Å². The van der Waals surface area contributed by atoms with Gasteiger partial charge in [-0.05, 0) is 43.4 Å². The average molecular weight is 446 g/mol. The highest BCUT2D eigenvalue weighted by Crippen LogP contribution is 2.60. The van der Waals surface area contributed by atoms with Crippen LogP contribution in [0.2, 0.25) is 0 Å². The molecule has 0 N–H and O–H groups in total. The van der Waals surface area contributed by atoms with Gasteiger partial charge in [-0.25, -0.2) is 13.2 Å². The summed E-state index contributed by atoms with van der Waals surface area (Å²) >= 11 is 0. The molecule has 1 aromatic carbocycles. The second kappa shape index (κ2) is 6.94. The van der Waals surface area contributed by atoms with Gasteiger partial charge in [-0.2, -0.15) is 17.5 Å². The molecule has 1 aliphatic carbocycles. The summed E-state index contributed by atoms with van der Waals surface area (Å²) < 4.78 is 67.8. The monoisotopic (exact) mass is 446 g/mol. The van der Waals surface area contributed by atoms with Crippen LogP contribution < -0.4 is 4.90 Å². The van der Waals surface area contributed by atoms with E-state index in [0.717, 1.165) is 5.56 Å². The highest BCUT2D eigenvalue weighted by atomic mass is 32.2. The van der Waals surface area contributed by atoms with E-state index in [0.29, 0.717) is 35.8 Å². The van der Waals surface area contributed by atoms with E-state index in [2.05, 4.69) is 0 Å².